The Bertz CT molecular complexity index is 664. The van der Waals surface area contributed by atoms with Crippen LogP contribution in [0.1, 0.15) is 35.0 Å². The van der Waals surface area contributed by atoms with E-state index in [-0.39, 0.29) is 6.04 Å². The summed E-state index contributed by atoms with van der Waals surface area (Å²) in [6.45, 7) is 5.40. The molecule has 0 amide bonds. The van der Waals surface area contributed by atoms with E-state index in [1.165, 1.54) is 0 Å². The molecule has 0 fully saturated rings. The van der Waals surface area contributed by atoms with Crippen molar-refractivity contribution in [3.8, 4) is 11.5 Å². The Morgan fingerprint density at radius 3 is 2.57 bits per heavy atom. The topological polar surface area (TPSA) is 62.3 Å². The van der Waals surface area contributed by atoms with Crippen LogP contribution in [-0.4, -0.2) is 23.0 Å². The summed E-state index contributed by atoms with van der Waals surface area (Å²) < 4.78 is 13.3. The molecule has 5 heteroatoms. The molecular formula is C16H21N3O2. The zero-order valence-corrected chi connectivity index (χ0v) is 12.7. The van der Waals surface area contributed by atoms with Crippen LogP contribution in [0.5, 0.6) is 11.5 Å². The van der Waals surface area contributed by atoms with Crippen LogP contribution in [0.3, 0.4) is 0 Å². The zero-order chi connectivity index (χ0) is 15.0. The molecule has 21 heavy (non-hydrogen) atoms. The van der Waals surface area contributed by atoms with Crippen molar-refractivity contribution in [2.45, 2.75) is 26.3 Å². The highest BCUT2D eigenvalue weighted by molar-refractivity contribution is 5.47. The van der Waals surface area contributed by atoms with Gasteiger partial charge in [0, 0.05) is 24.7 Å². The van der Waals surface area contributed by atoms with E-state index in [1.54, 1.807) is 0 Å². The van der Waals surface area contributed by atoms with Gasteiger partial charge in [-0.25, -0.2) is 0 Å². The minimum atomic E-state index is -0.212. The van der Waals surface area contributed by atoms with Gasteiger partial charge in [-0.15, -0.1) is 0 Å². The van der Waals surface area contributed by atoms with Crippen LogP contribution in [0.4, 0.5) is 0 Å². The predicted molar refractivity (Wildman–Crippen MR) is 80.8 cm³/mol. The molecule has 0 saturated carbocycles. The van der Waals surface area contributed by atoms with E-state index in [0.29, 0.717) is 13.2 Å². The van der Waals surface area contributed by atoms with Crippen molar-refractivity contribution < 1.29 is 9.47 Å². The summed E-state index contributed by atoms with van der Waals surface area (Å²) in [7, 11) is 1.94. The van der Waals surface area contributed by atoms with Gasteiger partial charge >= 0.3 is 0 Å². The lowest BCUT2D eigenvalue weighted by Gasteiger charge is -2.15. The van der Waals surface area contributed by atoms with Gasteiger partial charge < -0.3 is 15.2 Å². The summed E-state index contributed by atoms with van der Waals surface area (Å²) in [5, 5.41) is 4.44. The minimum absolute atomic E-state index is 0.212. The molecule has 2 aromatic rings. The molecule has 1 aromatic heterocycles. The Balaban J connectivity index is 1.98. The summed E-state index contributed by atoms with van der Waals surface area (Å²) in [5.41, 5.74) is 10.6. The molecule has 2 N–H and O–H groups in total. The van der Waals surface area contributed by atoms with Crippen LogP contribution in [0.25, 0.3) is 0 Å². The van der Waals surface area contributed by atoms with E-state index in [4.69, 9.17) is 15.2 Å². The second-order valence-corrected chi connectivity index (χ2v) is 5.44. The van der Waals surface area contributed by atoms with Gasteiger partial charge in [0.25, 0.3) is 0 Å². The monoisotopic (exact) mass is 287 g/mol. The normalized spacial score (nSPS) is 15.6. The second-order valence-electron chi connectivity index (χ2n) is 5.44. The molecule has 0 spiro atoms. The van der Waals surface area contributed by atoms with Crippen LogP contribution < -0.4 is 15.2 Å². The summed E-state index contributed by atoms with van der Waals surface area (Å²) in [4.78, 5) is 0. The molecule has 0 bridgehead atoms. The third kappa shape index (κ3) is 2.49. The first-order chi connectivity index (χ1) is 10.1. The van der Waals surface area contributed by atoms with Crippen molar-refractivity contribution in [3.63, 3.8) is 0 Å². The number of rotatable bonds is 2. The van der Waals surface area contributed by atoms with Crippen molar-refractivity contribution in [2.24, 2.45) is 12.8 Å². The minimum Gasteiger partial charge on any atom is -0.490 e. The lowest BCUT2D eigenvalue weighted by atomic mass is 9.97. The third-order valence-electron chi connectivity index (χ3n) is 4.01. The van der Waals surface area contributed by atoms with Crippen molar-refractivity contribution in [1.82, 2.24) is 9.78 Å². The average molecular weight is 287 g/mol. The number of hydrogen-bond donors (Lipinski definition) is 1. The molecule has 0 aliphatic carbocycles. The van der Waals surface area contributed by atoms with E-state index >= 15 is 0 Å². The van der Waals surface area contributed by atoms with Gasteiger partial charge in [0.15, 0.2) is 11.5 Å². The number of ether oxygens (including phenoxy) is 2. The smallest absolute Gasteiger partial charge is 0.161 e. The number of aromatic nitrogens is 2. The fourth-order valence-corrected chi connectivity index (χ4v) is 2.78. The number of benzene rings is 1. The molecular weight excluding hydrogens is 266 g/mol. The summed E-state index contributed by atoms with van der Waals surface area (Å²) in [6, 6.07) is 5.72. The molecule has 3 rings (SSSR count). The van der Waals surface area contributed by atoms with E-state index in [2.05, 4.69) is 5.10 Å². The van der Waals surface area contributed by atoms with E-state index in [1.807, 2.05) is 43.8 Å². The van der Waals surface area contributed by atoms with Crippen LogP contribution in [-0.2, 0) is 7.05 Å². The van der Waals surface area contributed by atoms with Crippen LogP contribution in [0.2, 0.25) is 0 Å². The zero-order valence-electron chi connectivity index (χ0n) is 12.7. The van der Waals surface area contributed by atoms with Gasteiger partial charge in [-0.2, -0.15) is 5.10 Å². The van der Waals surface area contributed by atoms with E-state index in [9.17, 15) is 0 Å². The lowest BCUT2D eigenvalue weighted by Crippen LogP contribution is -2.14. The van der Waals surface area contributed by atoms with Crippen molar-refractivity contribution in [2.75, 3.05) is 13.2 Å². The number of nitrogens with zero attached hydrogens (tertiary/aromatic N) is 2. The highest BCUT2D eigenvalue weighted by atomic mass is 16.5. The maximum Gasteiger partial charge on any atom is 0.161 e. The Morgan fingerprint density at radius 2 is 1.90 bits per heavy atom. The molecule has 2 heterocycles. The van der Waals surface area contributed by atoms with Gasteiger partial charge in [0.05, 0.1) is 24.9 Å². The maximum absolute atomic E-state index is 6.45. The highest BCUT2D eigenvalue weighted by Crippen LogP contribution is 2.34. The Morgan fingerprint density at radius 1 is 1.19 bits per heavy atom. The summed E-state index contributed by atoms with van der Waals surface area (Å²) in [6.07, 6.45) is 0.900. The Labute approximate surface area is 124 Å². The standard InChI is InChI=1S/C16H21N3O2/c1-10-15(11(2)19(3)18-10)16(17)12-5-6-13-14(9-12)21-8-4-7-20-13/h5-6,9,16H,4,7-8,17H2,1-3H3. The molecule has 1 aliphatic heterocycles. The number of hydrogen-bond acceptors (Lipinski definition) is 4. The molecule has 112 valence electrons. The first-order valence-corrected chi connectivity index (χ1v) is 7.23. The van der Waals surface area contributed by atoms with Crippen LogP contribution in [0, 0.1) is 13.8 Å². The molecule has 1 unspecified atom stereocenters. The first kappa shape index (κ1) is 13.9. The predicted octanol–water partition coefficient (Wildman–Crippen LogP) is 2.25. The van der Waals surface area contributed by atoms with Gasteiger partial charge in [-0.05, 0) is 31.5 Å². The second kappa shape index (κ2) is 5.41. The summed E-state index contributed by atoms with van der Waals surface area (Å²) in [5.74, 6) is 1.57. The van der Waals surface area contributed by atoms with E-state index < -0.39 is 0 Å². The first-order valence-electron chi connectivity index (χ1n) is 7.23. The average Bonchev–Trinajstić information content (AvgIpc) is 2.66. The Kier molecular flexibility index (Phi) is 3.59. The summed E-state index contributed by atoms with van der Waals surface area (Å²) >= 11 is 0. The maximum atomic E-state index is 6.45. The van der Waals surface area contributed by atoms with Crippen LogP contribution in [0.15, 0.2) is 18.2 Å². The number of nitrogens with two attached hydrogens (primary N) is 1. The number of aryl methyl sites for hydroxylation is 2. The molecule has 0 radical (unpaired) electrons. The van der Waals surface area contributed by atoms with E-state index in [0.717, 1.165) is 40.4 Å². The number of fused-ring (bicyclic) bond motifs is 1. The largest absolute Gasteiger partial charge is 0.490 e. The van der Waals surface area contributed by atoms with Crippen molar-refractivity contribution in [1.29, 1.82) is 0 Å². The molecule has 1 atom stereocenters. The highest BCUT2D eigenvalue weighted by Gasteiger charge is 2.20. The van der Waals surface area contributed by atoms with Gasteiger partial charge in [-0.1, -0.05) is 6.07 Å². The van der Waals surface area contributed by atoms with Gasteiger partial charge in [-0.3, -0.25) is 4.68 Å². The van der Waals surface area contributed by atoms with Crippen LogP contribution >= 0.6 is 0 Å². The quantitative estimate of drug-likeness (QED) is 0.920. The molecule has 1 aromatic carbocycles. The molecule has 1 aliphatic rings. The van der Waals surface area contributed by atoms with Crippen molar-refractivity contribution in [3.05, 3.63) is 40.7 Å². The molecule has 0 saturated heterocycles. The molecule has 5 nitrogen and oxygen atoms in total. The lowest BCUT2D eigenvalue weighted by molar-refractivity contribution is 0.297. The SMILES string of the molecule is Cc1nn(C)c(C)c1C(N)c1ccc2c(c1)OCCCO2. The van der Waals surface area contributed by atoms with Gasteiger partial charge in [0.1, 0.15) is 0 Å². The fourth-order valence-electron chi connectivity index (χ4n) is 2.78. The van der Waals surface area contributed by atoms with Crippen molar-refractivity contribution >= 4 is 0 Å². The fraction of sp³-hybridized carbons (Fsp3) is 0.438. The Hall–Kier alpha value is -2.01. The third-order valence-corrected chi connectivity index (χ3v) is 4.01. The van der Waals surface area contributed by atoms with Gasteiger partial charge in [0.2, 0.25) is 0 Å².